The normalized spacial score (nSPS) is 27.5. The molecule has 0 aliphatic heterocycles. The Morgan fingerprint density at radius 1 is 1.32 bits per heavy atom. The second-order valence-electron chi connectivity index (χ2n) is 5.46. The number of carbonyl (C=O) groups is 1. The van der Waals surface area contributed by atoms with E-state index in [0.717, 1.165) is 24.1 Å². The number of esters is 1. The van der Waals surface area contributed by atoms with Crippen LogP contribution < -0.4 is 5.32 Å². The SMILES string of the molecule is COC(=O)c1ccccc1NCC1CC2C=CC1C2. The Bertz CT molecular complexity index is 509. The summed E-state index contributed by atoms with van der Waals surface area (Å²) in [6, 6.07) is 7.54. The topological polar surface area (TPSA) is 38.3 Å². The minimum atomic E-state index is -0.282. The Kier molecular flexibility index (Phi) is 3.28. The first-order valence-corrected chi connectivity index (χ1v) is 6.87. The van der Waals surface area contributed by atoms with E-state index in [1.165, 1.54) is 20.0 Å². The highest BCUT2D eigenvalue weighted by atomic mass is 16.5. The van der Waals surface area contributed by atoms with Crippen molar-refractivity contribution in [2.24, 2.45) is 17.8 Å². The van der Waals surface area contributed by atoms with Crippen molar-refractivity contribution >= 4 is 11.7 Å². The van der Waals surface area contributed by atoms with Crippen molar-refractivity contribution in [1.29, 1.82) is 0 Å². The number of rotatable bonds is 4. The lowest BCUT2D eigenvalue weighted by Gasteiger charge is -2.20. The third-order valence-electron chi connectivity index (χ3n) is 4.30. The highest BCUT2D eigenvalue weighted by Crippen LogP contribution is 2.43. The molecule has 3 nitrogen and oxygen atoms in total. The van der Waals surface area contributed by atoms with Crippen LogP contribution in [0.2, 0.25) is 0 Å². The van der Waals surface area contributed by atoms with Crippen molar-refractivity contribution in [3.63, 3.8) is 0 Å². The summed E-state index contributed by atoms with van der Waals surface area (Å²) in [7, 11) is 1.42. The van der Waals surface area contributed by atoms with Crippen LogP contribution in [-0.2, 0) is 4.74 Å². The molecule has 2 aliphatic carbocycles. The van der Waals surface area contributed by atoms with Crippen molar-refractivity contribution < 1.29 is 9.53 Å². The lowest BCUT2D eigenvalue weighted by atomic mass is 9.93. The number of carbonyl (C=O) groups excluding carboxylic acids is 1. The van der Waals surface area contributed by atoms with Crippen LogP contribution in [0.4, 0.5) is 5.69 Å². The molecule has 0 radical (unpaired) electrons. The molecule has 3 rings (SSSR count). The summed E-state index contributed by atoms with van der Waals surface area (Å²) in [5, 5.41) is 3.42. The smallest absolute Gasteiger partial charge is 0.339 e. The first kappa shape index (κ1) is 12.3. The summed E-state index contributed by atoms with van der Waals surface area (Å²) >= 11 is 0. The number of para-hydroxylation sites is 1. The van der Waals surface area contributed by atoms with Crippen molar-refractivity contribution in [2.45, 2.75) is 12.8 Å². The van der Waals surface area contributed by atoms with Gasteiger partial charge in [-0.3, -0.25) is 0 Å². The van der Waals surface area contributed by atoms with Gasteiger partial charge in [0.1, 0.15) is 0 Å². The van der Waals surface area contributed by atoms with Gasteiger partial charge in [-0.15, -0.1) is 0 Å². The molecule has 3 heteroatoms. The van der Waals surface area contributed by atoms with Crippen LogP contribution in [0, 0.1) is 17.8 Å². The number of hydrogen-bond donors (Lipinski definition) is 1. The lowest BCUT2D eigenvalue weighted by molar-refractivity contribution is 0.0602. The molecule has 1 aromatic carbocycles. The Morgan fingerprint density at radius 2 is 2.16 bits per heavy atom. The maximum absolute atomic E-state index is 11.7. The maximum atomic E-state index is 11.7. The standard InChI is InChI=1S/C16H19NO2/c1-19-16(18)14-4-2-3-5-15(14)17-10-13-9-11-6-7-12(13)8-11/h2-7,11-13,17H,8-10H2,1H3. The van der Waals surface area contributed by atoms with Gasteiger partial charge in [-0.1, -0.05) is 24.3 Å². The summed E-state index contributed by atoms with van der Waals surface area (Å²) in [5.41, 5.74) is 1.49. The fourth-order valence-electron chi connectivity index (χ4n) is 3.30. The molecule has 0 heterocycles. The molecule has 2 bridgehead atoms. The van der Waals surface area contributed by atoms with Gasteiger partial charge < -0.3 is 10.1 Å². The van der Waals surface area contributed by atoms with Gasteiger partial charge in [0.15, 0.2) is 0 Å². The first-order valence-electron chi connectivity index (χ1n) is 6.87. The average molecular weight is 257 g/mol. The van der Waals surface area contributed by atoms with E-state index >= 15 is 0 Å². The highest BCUT2D eigenvalue weighted by molar-refractivity contribution is 5.95. The van der Waals surface area contributed by atoms with Crippen molar-refractivity contribution in [2.75, 3.05) is 19.0 Å². The second kappa shape index (κ2) is 5.08. The first-order chi connectivity index (χ1) is 9.28. The quantitative estimate of drug-likeness (QED) is 0.665. The van der Waals surface area contributed by atoms with E-state index in [4.69, 9.17) is 4.74 Å². The number of ether oxygens (including phenoxy) is 1. The second-order valence-corrected chi connectivity index (χ2v) is 5.46. The number of anilines is 1. The highest BCUT2D eigenvalue weighted by Gasteiger charge is 2.35. The fourth-order valence-corrected chi connectivity index (χ4v) is 3.30. The Morgan fingerprint density at radius 3 is 2.84 bits per heavy atom. The van der Waals surface area contributed by atoms with Gasteiger partial charge in [0, 0.05) is 12.2 Å². The number of methoxy groups -OCH3 is 1. The van der Waals surface area contributed by atoms with Crippen LogP contribution in [0.3, 0.4) is 0 Å². The van der Waals surface area contributed by atoms with Gasteiger partial charge in [0.25, 0.3) is 0 Å². The van der Waals surface area contributed by atoms with Crippen LogP contribution in [0.25, 0.3) is 0 Å². The molecule has 100 valence electrons. The monoisotopic (exact) mass is 257 g/mol. The van der Waals surface area contributed by atoms with Gasteiger partial charge in [0.05, 0.1) is 12.7 Å². The molecular weight excluding hydrogens is 238 g/mol. The zero-order valence-corrected chi connectivity index (χ0v) is 11.1. The summed E-state index contributed by atoms with van der Waals surface area (Å²) in [4.78, 5) is 11.7. The molecule has 19 heavy (non-hydrogen) atoms. The summed E-state index contributed by atoms with van der Waals surface area (Å²) in [5.74, 6) is 1.92. The minimum absolute atomic E-state index is 0.282. The molecule has 3 atom stereocenters. The van der Waals surface area contributed by atoms with E-state index in [0.29, 0.717) is 11.5 Å². The largest absolute Gasteiger partial charge is 0.465 e. The molecule has 0 amide bonds. The Balaban J connectivity index is 1.67. The van der Waals surface area contributed by atoms with Gasteiger partial charge in [-0.2, -0.15) is 0 Å². The van der Waals surface area contributed by atoms with Crippen LogP contribution >= 0.6 is 0 Å². The van der Waals surface area contributed by atoms with Crippen LogP contribution in [0.15, 0.2) is 36.4 Å². The van der Waals surface area contributed by atoms with E-state index in [2.05, 4.69) is 17.5 Å². The zero-order chi connectivity index (χ0) is 13.2. The minimum Gasteiger partial charge on any atom is -0.465 e. The molecular formula is C16H19NO2. The van der Waals surface area contributed by atoms with E-state index in [-0.39, 0.29) is 5.97 Å². The molecule has 1 saturated carbocycles. The lowest BCUT2D eigenvalue weighted by Crippen LogP contribution is -2.19. The molecule has 3 unspecified atom stereocenters. The molecule has 2 aliphatic rings. The van der Waals surface area contributed by atoms with E-state index < -0.39 is 0 Å². The third-order valence-corrected chi connectivity index (χ3v) is 4.30. The summed E-state index contributed by atoms with van der Waals surface area (Å²) in [6.07, 6.45) is 7.29. The predicted octanol–water partition coefficient (Wildman–Crippen LogP) is 3.10. The summed E-state index contributed by atoms with van der Waals surface area (Å²) < 4.78 is 4.81. The number of fused-ring (bicyclic) bond motifs is 2. The Hall–Kier alpha value is -1.77. The van der Waals surface area contributed by atoms with Gasteiger partial charge in [-0.05, 0) is 42.7 Å². The summed E-state index contributed by atoms with van der Waals surface area (Å²) in [6.45, 7) is 0.930. The van der Waals surface area contributed by atoms with Crippen LogP contribution in [-0.4, -0.2) is 19.6 Å². The predicted molar refractivity (Wildman–Crippen MR) is 75.1 cm³/mol. The van der Waals surface area contributed by atoms with Crippen molar-refractivity contribution in [1.82, 2.24) is 0 Å². The zero-order valence-electron chi connectivity index (χ0n) is 11.1. The maximum Gasteiger partial charge on any atom is 0.339 e. The number of allylic oxidation sites excluding steroid dienone is 2. The molecule has 0 spiro atoms. The van der Waals surface area contributed by atoms with Crippen LogP contribution in [0.1, 0.15) is 23.2 Å². The molecule has 1 N–H and O–H groups in total. The molecule has 1 aromatic rings. The van der Waals surface area contributed by atoms with Gasteiger partial charge in [-0.25, -0.2) is 4.79 Å². The van der Waals surface area contributed by atoms with E-state index in [9.17, 15) is 4.79 Å². The molecule has 0 aromatic heterocycles. The number of hydrogen-bond acceptors (Lipinski definition) is 3. The molecule has 1 fully saturated rings. The van der Waals surface area contributed by atoms with Gasteiger partial charge in [0.2, 0.25) is 0 Å². The van der Waals surface area contributed by atoms with Crippen LogP contribution in [0.5, 0.6) is 0 Å². The number of benzene rings is 1. The van der Waals surface area contributed by atoms with E-state index in [1.54, 1.807) is 6.07 Å². The van der Waals surface area contributed by atoms with Crippen molar-refractivity contribution in [3.8, 4) is 0 Å². The number of nitrogens with one attached hydrogen (secondary N) is 1. The average Bonchev–Trinajstić information content (AvgIpc) is 3.07. The Labute approximate surface area is 113 Å². The fraction of sp³-hybridized carbons (Fsp3) is 0.438. The van der Waals surface area contributed by atoms with Crippen molar-refractivity contribution in [3.05, 3.63) is 42.0 Å². The van der Waals surface area contributed by atoms with Gasteiger partial charge >= 0.3 is 5.97 Å². The molecule has 0 saturated heterocycles. The third kappa shape index (κ3) is 2.37. The van der Waals surface area contributed by atoms with E-state index in [1.807, 2.05) is 18.2 Å².